The zero-order valence-electron chi connectivity index (χ0n) is 29.8. The summed E-state index contributed by atoms with van der Waals surface area (Å²) in [4.78, 5) is 0. The third-order valence-corrected chi connectivity index (χ3v) is 27.2. The van der Waals surface area contributed by atoms with E-state index in [2.05, 4.69) is 162 Å². The third-order valence-electron chi connectivity index (χ3n) is 12.0. The molecule has 0 amide bonds. The van der Waals surface area contributed by atoms with Crippen LogP contribution in [0.5, 0.6) is 0 Å². The summed E-state index contributed by atoms with van der Waals surface area (Å²) in [6, 6.07) is 33.1. The van der Waals surface area contributed by atoms with Gasteiger partial charge in [0.25, 0.3) is 0 Å². The van der Waals surface area contributed by atoms with Gasteiger partial charge in [0.1, 0.15) is 0 Å². The van der Waals surface area contributed by atoms with Gasteiger partial charge in [-0.05, 0) is 0 Å². The van der Waals surface area contributed by atoms with E-state index in [4.69, 9.17) is 0 Å². The summed E-state index contributed by atoms with van der Waals surface area (Å²) in [6.07, 6.45) is 7.71. The van der Waals surface area contributed by atoms with Gasteiger partial charge in [0.2, 0.25) is 0 Å². The fraction of sp³-hybridized carbons (Fsp3) is 0.378. The Morgan fingerprint density at radius 2 is 0.957 bits per heavy atom. The van der Waals surface area contributed by atoms with E-state index >= 15 is 0 Å². The van der Waals surface area contributed by atoms with E-state index < -0.39 is 20.0 Å². The quantitative estimate of drug-likeness (QED) is 0.181. The Labute approximate surface area is 283 Å². The van der Waals surface area contributed by atoms with Crippen LogP contribution in [0.1, 0.15) is 109 Å². The maximum atomic E-state index is 2.78. The van der Waals surface area contributed by atoms with Crippen LogP contribution >= 0.6 is 0 Å². The molecule has 0 radical (unpaired) electrons. The summed E-state index contributed by atoms with van der Waals surface area (Å²) in [5, 5.41) is 0. The molecule has 0 spiro atoms. The summed E-state index contributed by atoms with van der Waals surface area (Å²) in [7, 11) is 0. The van der Waals surface area contributed by atoms with E-state index in [1.165, 1.54) is 44.5 Å². The molecule has 0 saturated carbocycles. The van der Waals surface area contributed by atoms with Crippen molar-refractivity contribution in [3.8, 4) is 22.3 Å². The number of fused-ring (bicyclic) bond motifs is 6. The van der Waals surface area contributed by atoms with Gasteiger partial charge in [-0.1, -0.05) is 0 Å². The molecule has 0 nitrogen and oxygen atoms in total. The van der Waals surface area contributed by atoms with E-state index in [-0.39, 0.29) is 16.2 Å². The van der Waals surface area contributed by atoms with Crippen LogP contribution in [0.25, 0.3) is 34.4 Å². The van der Waals surface area contributed by atoms with Crippen molar-refractivity contribution in [2.75, 3.05) is 0 Å². The first-order valence-electron chi connectivity index (χ1n) is 17.6. The van der Waals surface area contributed by atoms with Crippen LogP contribution < -0.4 is 0 Å². The second-order valence-electron chi connectivity index (χ2n) is 17.0. The van der Waals surface area contributed by atoms with Crippen molar-refractivity contribution in [3.63, 3.8) is 0 Å². The standard InChI is InChI=1S/C43H46.2CH3.Hf/c1-9-43(10-2,35-25-31-17-13-21-37(39(31)27-35)29-15-11-19-33(23-29)41(3,4)5)36-26-32-18-14-22-38(40(32)28-36)30-16-12-20-34(24-30)42(6,7)8;;;/h11-28H,9-10H2,1-8H3;2*1H3;. The molecule has 0 aromatic heterocycles. The van der Waals surface area contributed by atoms with E-state index in [0.717, 1.165) is 12.8 Å². The van der Waals surface area contributed by atoms with Crippen LogP contribution in [0.2, 0.25) is 9.36 Å². The average Bonchev–Trinajstić information content (AvgIpc) is 3.62. The molecule has 1 aliphatic heterocycles. The van der Waals surface area contributed by atoms with Gasteiger partial charge < -0.3 is 0 Å². The Morgan fingerprint density at radius 1 is 0.565 bits per heavy atom. The van der Waals surface area contributed by atoms with Gasteiger partial charge in [0.15, 0.2) is 0 Å². The van der Waals surface area contributed by atoms with Crippen LogP contribution in [-0.2, 0) is 30.8 Å². The van der Waals surface area contributed by atoms with Gasteiger partial charge >= 0.3 is 285 Å². The van der Waals surface area contributed by atoms with Crippen LogP contribution in [0, 0.1) is 5.41 Å². The van der Waals surface area contributed by atoms with Crippen molar-refractivity contribution in [1.82, 2.24) is 0 Å². The molecule has 1 heteroatoms. The maximum absolute atomic E-state index is 3.12. The molecule has 1 heterocycles. The van der Waals surface area contributed by atoms with Crippen molar-refractivity contribution in [3.05, 3.63) is 129 Å². The Morgan fingerprint density at radius 3 is 1.33 bits per heavy atom. The molecule has 4 aromatic rings. The van der Waals surface area contributed by atoms with Crippen LogP contribution in [0.3, 0.4) is 0 Å². The first kappa shape index (κ1) is 31.8. The number of hydrogen-bond acceptors (Lipinski definition) is 0. The van der Waals surface area contributed by atoms with Gasteiger partial charge in [0.05, 0.1) is 0 Å². The molecule has 46 heavy (non-hydrogen) atoms. The fourth-order valence-corrected chi connectivity index (χ4v) is 26.6. The van der Waals surface area contributed by atoms with Crippen molar-refractivity contribution in [1.29, 1.82) is 0 Å². The number of allylic oxidation sites excluding steroid dienone is 2. The van der Waals surface area contributed by atoms with Gasteiger partial charge in [-0.2, -0.15) is 0 Å². The van der Waals surface area contributed by atoms with E-state index in [1.807, 2.05) is 0 Å². The number of benzene rings is 4. The number of rotatable bonds is 4. The predicted molar refractivity (Wildman–Crippen MR) is 197 cm³/mol. The molecule has 2 unspecified atom stereocenters. The molecular weight excluding hydrogens is 719 g/mol. The van der Waals surface area contributed by atoms with Crippen molar-refractivity contribution >= 4 is 12.2 Å². The minimum atomic E-state index is -3.12. The molecule has 1 fully saturated rings. The van der Waals surface area contributed by atoms with E-state index in [1.54, 1.807) is 22.3 Å². The zero-order valence-corrected chi connectivity index (χ0v) is 33.4. The van der Waals surface area contributed by atoms with Gasteiger partial charge in [-0.15, -0.1) is 0 Å². The molecule has 4 aromatic carbocycles. The average molecular weight is 771 g/mol. The minimum absolute atomic E-state index is 0.0952. The topological polar surface area (TPSA) is 0 Å². The molecular formula is C45H52Hf. The normalized spacial score (nSPS) is 20.7. The van der Waals surface area contributed by atoms with Gasteiger partial charge in [0, 0.05) is 0 Å². The molecule has 236 valence electrons. The second-order valence-corrected chi connectivity index (χ2v) is 34.2. The van der Waals surface area contributed by atoms with Gasteiger partial charge in [-0.25, -0.2) is 0 Å². The molecule has 7 rings (SSSR count). The van der Waals surface area contributed by atoms with Crippen LogP contribution in [0.4, 0.5) is 0 Å². The van der Waals surface area contributed by atoms with E-state index in [9.17, 15) is 0 Å². The molecule has 0 N–H and O–H groups in total. The van der Waals surface area contributed by atoms with Crippen molar-refractivity contribution in [2.45, 2.75) is 95.8 Å². The van der Waals surface area contributed by atoms with Crippen LogP contribution in [-0.4, -0.2) is 0 Å². The van der Waals surface area contributed by atoms with Crippen molar-refractivity contribution in [2.24, 2.45) is 5.41 Å². The monoisotopic (exact) mass is 772 g/mol. The summed E-state index contributed by atoms with van der Waals surface area (Å²) in [5.41, 5.74) is 18.4. The number of hydrogen-bond donors (Lipinski definition) is 0. The fourth-order valence-electron chi connectivity index (χ4n) is 9.45. The summed E-state index contributed by atoms with van der Waals surface area (Å²) < 4.78 is 6.77. The SMILES string of the molecule is CCC1(CC)C2=Cc3c(-c4cccc(C(C)(C)C)c4)cccc3[CH]2[Hf]([CH3])([CH3])[CH]2C1=Cc1c(-c3cccc(C(C)(C)C)c3)cccc12. The Balaban J connectivity index is 1.43. The molecule has 2 atom stereocenters. The first-order chi connectivity index (χ1) is 21.7. The Kier molecular flexibility index (Phi) is 7.52. The summed E-state index contributed by atoms with van der Waals surface area (Å²) in [6.45, 7) is 18.9. The summed E-state index contributed by atoms with van der Waals surface area (Å²) >= 11 is -3.12. The molecule has 1 saturated heterocycles. The van der Waals surface area contributed by atoms with Gasteiger partial charge in [-0.3, -0.25) is 0 Å². The third kappa shape index (κ3) is 4.69. The van der Waals surface area contributed by atoms with E-state index in [0.29, 0.717) is 7.35 Å². The zero-order chi connectivity index (χ0) is 32.8. The predicted octanol–water partition coefficient (Wildman–Crippen LogP) is 13.3. The van der Waals surface area contributed by atoms with Crippen LogP contribution in [0.15, 0.2) is 96.1 Å². The van der Waals surface area contributed by atoms with Crippen molar-refractivity contribution < 1.29 is 20.0 Å². The molecule has 0 bridgehead atoms. The summed E-state index contributed by atoms with van der Waals surface area (Å²) in [5.74, 6) is 0. The molecule has 2 aliphatic carbocycles. The molecule has 3 aliphatic rings. The Hall–Kier alpha value is -2.77. The second kappa shape index (κ2) is 10.9. The first-order valence-corrected chi connectivity index (χ1v) is 29.0. The Bertz CT molecular complexity index is 1780.